The largest absolute Gasteiger partial charge is 0.311 e. The molecule has 0 aromatic rings. The Hall–Kier alpha value is -0.0400. The van der Waals surface area contributed by atoms with Crippen molar-refractivity contribution in [3.8, 4) is 0 Å². The van der Waals surface area contributed by atoms with Crippen molar-refractivity contribution in [2.75, 3.05) is 6.54 Å². The van der Waals surface area contributed by atoms with Crippen LogP contribution in [0.15, 0.2) is 0 Å². The number of hydrogen-bond donors (Lipinski definition) is 1. The van der Waals surface area contributed by atoms with E-state index in [9.17, 15) is 0 Å². The Bertz CT molecular complexity index is 158. The second kappa shape index (κ2) is 3.02. The van der Waals surface area contributed by atoms with Crippen molar-refractivity contribution in [3.05, 3.63) is 0 Å². The highest BCUT2D eigenvalue weighted by Crippen LogP contribution is 2.41. The van der Waals surface area contributed by atoms with Crippen LogP contribution in [0.1, 0.15) is 46.0 Å². The molecule has 2 atom stereocenters. The Balaban J connectivity index is 1.94. The summed E-state index contributed by atoms with van der Waals surface area (Å²) in [5.41, 5.74) is 0.604. The van der Waals surface area contributed by atoms with Gasteiger partial charge in [-0.15, -0.1) is 0 Å². The molecule has 1 spiro atoms. The molecule has 0 bridgehead atoms. The lowest BCUT2D eigenvalue weighted by Gasteiger charge is -2.49. The van der Waals surface area contributed by atoms with Crippen LogP contribution in [-0.2, 0) is 0 Å². The summed E-state index contributed by atoms with van der Waals surface area (Å²) in [5.74, 6) is 1.89. The zero-order valence-corrected chi connectivity index (χ0v) is 8.40. The normalized spacial score (nSPS) is 41.8. The van der Waals surface area contributed by atoms with E-state index in [-0.39, 0.29) is 0 Å². The molecule has 0 aromatic carbocycles. The van der Waals surface area contributed by atoms with Crippen molar-refractivity contribution in [1.29, 1.82) is 0 Å². The second-order valence-electron chi connectivity index (χ2n) is 5.06. The van der Waals surface area contributed by atoms with Gasteiger partial charge in [0.25, 0.3) is 0 Å². The maximum absolute atomic E-state index is 3.65. The van der Waals surface area contributed by atoms with Crippen molar-refractivity contribution in [1.82, 2.24) is 5.32 Å². The van der Waals surface area contributed by atoms with Gasteiger partial charge in [-0.2, -0.15) is 0 Å². The lowest BCUT2D eigenvalue weighted by Crippen LogP contribution is -2.59. The summed E-state index contributed by atoms with van der Waals surface area (Å²) in [6.45, 7) is 6.02. The Kier molecular flexibility index (Phi) is 2.16. The molecule has 1 N–H and O–H groups in total. The zero-order chi connectivity index (χ0) is 8.60. The van der Waals surface area contributed by atoms with Gasteiger partial charge in [0.2, 0.25) is 0 Å². The summed E-state index contributed by atoms with van der Waals surface area (Å²) < 4.78 is 0. The van der Waals surface area contributed by atoms with Crippen LogP contribution in [0, 0.1) is 11.8 Å². The third-order valence-electron chi connectivity index (χ3n) is 3.93. The molecule has 2 rings (SSSR count). The van der Waals surface area contributed by atoms with Crippen LogP contribution in [0.25, 0.3) is 0 Å². The average Bonchev–Trinajstić information content (AvgIpc) is 2.02. The first-order chi connectivity index (χ1) is 5.72. The SMILES string of the molecule is CC(C)C1CCCC2(CCN2)C1. The molecule has 1 aliphatic carbocycles. The van der Waals surface area contributed by atoms with Crippen LogP contribution in [-0.4, -0.2) is 12.1 Å². The topological polar surface area (TPSA) is 12.0 Å². The molecule has 1 aliphatic heterocycles. The Morgan fingerprint density at radius 1 is 1.33 bits per heavy atom. The van der Waals surface area contributed by atoms with Gasteiger partial charge in [-0.1, -0.05) is 26.7 Å². The predicted octanol–water partition coefficient (Wildman–Crippen LogP) is 2.56. The van der Waals surface area contributed by atoms with E-state index in [1.165, 1.54) is 38.6 Å². The Labute approximate surface area is 75.9 Å². The Morgan fingerprint density at radius 3 is 2.58 bits per heavy atom. The molecule has 0 radical (unpaired) electrons. The number of hydrogen-bond acceptors (Lipinski definition) is 1. The van der Waals surface area contributed by atoms with Crippen LogP contribution in [0.4, 0.5) is 0 Å². The van der Waals surface area contributed by atoms with E-state index < -0.39 is 0 Å². The predicted molar refractivity (Wildman–Crippen MR) is 52.1 cm³/mol. The summed E-state index contributed by atoms with van der Waals surface area (Å²) >= 11 is 0. The quantitative estimate of drug-likeness (QED) is 0.633. The molecular weight excluding hydrogens is 146 g/mol. The van der Waals surface area contributed by atoms with Crippen molar-refractivity contribution in [2.45, 2.75) is 51.5 Å². The maximum atomic E-state index is 3.65. The molecule has 2 unspecified atom stereocenters. The van der Waals surface area contributed by atoms with Crippen LogP contribution in [0.2, 0.25) is 0 Å². The second-order valence-corrected chi connectivity index (χ2v) is 5.06. The fourth-order valence-corrected chi connectivity index (χ4v) is 2.84. The van der Waals surface area contributed by atoms with Crippen LogP contribution >= 0.6 is 0 Å². The van der Waals surface area contributed by atoms with Gasteiger partial charge in [-0.05, 0) is 37.6 Å². The fraction of sp³-hybridized carbons (Fsp3) is 1.00. The van der Waals surface area contributed by atoms with Crippen molar-refractivity contribution in [2.24, 2.45) is 11.8 Å². The molecule has 1 heterocycles. The molecule has 0 aromatic heterocycles. The molecule has 12 heavy (non-hydrogen) atoms. The zero-order valence-electron chi connectivity index (χ0n) is 8.40. The molecular formula is C11H21N. The summed E-state index contributed by atoms with van der Waals surface area (Å²) in [7, 11) is 0. The van der Waals surface area contributed by atoms with Gasteiger partial charge >= 0.3 is 0 Å². The van der Waals surface area contributed by atoms with Crippen molar-refractivity contribution in [3.63, 3.8) is 0 Å². The van der Waals surface area contributed by atoms with E-state index in [1.807, 2.05) is 0 Å². The first kappa shape index (κ1) is 8.55. The van der Waals surface area contributed by atoms with E-state index in [4.69, 9.17) is 0 Å². The van der Waals surface area contributed by atoms with E-state index in [0.717, 1.165) is 11.8 Å². The lowest BCUT2D eigenvalue weighted by atomic mass is 9.67. The van der Waals surface area contributed by atoms with E-state index in [0.29, 0.717) is 5.54 Å². The standard InChI is InChI=1S/C11H21N/c1-9(2)10-4-3-5-11(8-10)6-7-12-11/h9-10,12H,3-8H2,1-2H3. The van der Waals surface area contributed by atoms with E-state index >= 15 is 0 Å². The van der Waals surface area contributed by atoms with Gasteiger partial charge in [0.05, 0.1) is 0 Å². The maximum Gasteiger partial charge on any atom is 0.0196 e. The summed E-state index contributed by atoms with van der Waals surface area (Å²) in [4.78, 5) is 0. The minimum Gasteiger partial charge on any atom is -0.311 e. The Morgan fingerprint density at radius 2 is 2.08 bits per heavy atom. The third-order valence-corrected chi connectivity index (χ3v) is 3.93. The third kappa shape index (κ3) is 1.39. The van der Waals surface area contributed by atoms with Gasteiger partial charge in [-0.25, -0.2) is 0 Å². The first-order valence-corrected chi connectivity index (χ1v) is 5.47. The highest BCUT2D eigenvalue weighted by molar-refractivity contribution is 5.00. The fourth-order valence-electron chi connectivity index (χ4n) is 2.84. The molecule has 2 fully saturated rings. The number of rotatable bonds is 1. The van der Waals surface area contributed by atoms with E-state index in [1.54, 1.807) is 0 Å². The molecule has 1 saturated carbocycles. The van der Waals surface area contributed by atoms with Gasteiger partial charge in [0.1, 0.15) is 0 Å². The van der Waals surface area contributed by atoms with Crippen LogP contribution in [0.5, 0.6) is 0 Å². The van der Waals surface area contributed by atoms with Gasteiger partial charge in [-0.3, -0.25) is 0 Å². The van der Waals surface area contributed by atoms with Crippen molar-refractivity contribution >= 4 is 0 Å². The van der Waals surface area contributed by atoms with Gasteiger partial charge in [0, 0.05) is 5.54 Å². The number of nitrogens with one attached hydrogen (secondary N) is 1. The van der Waals surface area contributed by atoms with Gasteiger partial charge in [0.15, 0.2) is 0 Å². The highest BCUT2D eigenvalue weighted by atomic mass is 15.0. The van der Waals surface area contributed by atoms with Crippen LogP contribution < -0.4 is 5.32 Å². The summed E-state index contributed by atoms with van der Waals surface area (Å²) in [5, 5.41) is 3.65. The molecule has 1 saturated heterocycles. The molecule has 70 valence electrons. The van der Waals surface area contributed by atoms with Crippen LogP contribution in [0.3, 0.4) is 0 Å². The molecule has 0 amide bonds. The van der Waals surface area contributed by atoms with Crippen molar-refractivity contribution < 1.29 is 0 Å². The molecule has 2 aliphatic rings. The molecule has 1 heteroatoms. The molecule has 1 nitrogen and oxygen atoms in total. The van der Waals surface area contributed by atoms with E-state index in [2.05, 4.69) is 19.2 Å². The highest BCUT2D eigenvalue weighted by Gasteiger charge is 2.41. The average molecular weight is 167 g/mol. The minimum atomic E-state index is 0.604. The summed E-state index contributed by atoms with van der Waals surface area (Å²) in [6.07, 6.45) is 7.26. The first-order valence-electron chi connectivity index (χ1n) is 5.47. The van der Waals surface area contributed by atoms with Gasteiger partial charge < -0.3 is 5.32 Å². The minimum absolute atomic E-state index is 0.604. The smallest absolute Gasteiger partial charge is 0.0196 e. The summed E-state index contributed by atoms with van der Waals surface area (Å²) in [6, 6.07) is 0. The lowest BCUT2D eigenvalue weighted by molar-refractivity contribution is 0.0891. The monoisotopic (exact) mass is 167 g/mol.